The maximum Gasteiger partial charge on any atom is 0.157 e. The molecule has 0 aliphatic carbocycles. The Balaban J connectivity index is 2.16. The van der Waals surface area contributed by atoms with Gasteiger partial charge in [0, 0.05) is 30.1 Å². The zero-order valence-electron chi connectivity index (χ0n) is 10.9. The standard InChI is InChI=1S/C13H21N3O/c1-4-14-9(2)11-8-15-13(16-10(11)3)12-6-5-7-17-12/h8-9,12,14H,4-7H2,1-3H3. The number of aromatic nitrogens is 2. The number of hydrogen-bond acceptors (Lipinski definition) is 4. The van der Waals surface area contributed by atoms with Crippen LogP contribution in [0.15, 0.2) is 6.20 Å². The number of aryl methyl sites for hydroxylation is 1. The van der Waals surface area contributed by atoms with Crippen LogP contribution in [0.25, 0.3) is 0 Å². The summed E-state index contributed by atoms with van der Waals surface area (Å²) in [7, 11) is 0. The normalized spacial score (nSPS) is 21.7. The topological polar surface area (TPSA) is 47.0 Å². The molecule has 0 aromatic carbocycles. The quantitative estimate of drug-likeness (QED) is 0.870. The van der Waals surface area contributed by atoms with E-state index in [1.165, 1.54) is 5.56 Å². The summed E-state index contributed by atoms with van der Waals surface area (Å²) in [4.78, 5) is 9.03. The van der Waals surface area contributed by atoms with Gasteiger partial charge < -0.3 is 10.1 Å². The Morgan fingerprint density at radius 3 is 3.00 bits per heavy atom. The average molecular weight is 235 g/mol. The van der Waals surface area contributed by atoms with Crippen molar-refractivity contribution in [2.24, 2.45) is 0 Å². The first-order chi connectivity index (χ1) is 8.22. The molecule has 17 heavy (non-hydrogen) atoms. The highest BCUT2D eigenvalue weighted by atomic mass is 16.5. The highest BCUT2D eigenvalue weighted by Crippen LogP contribution is 2.26. The minimum Gasteiger partial charge on any atom is -0.370 e. The monoisotopic (exact) mass is 235 g/mol. The second-order valence-electron chi connectivity index (χ2n) is 4.55. The molecule has 1 aliphatic heterocycles. The molecule has 0 amide bonds. The Bertz CT molecular complexity index is 375. The Morgan fingerprint density at radius 2 is 2.41 bits per heavy atom. The lowest BCUT2D eigenvalue weighted by atomic mass is 10.1. The van der Waals surface area contributed by atoms with Crippen molar-refractivity contribution in [2.75, 3.05) is 13.2 Å². The highest BCUT2D eigenvalue weighted by molar-refractivity contribution is 5.20. The van der Waals surface area contributed by atoms with E-state index in [-0.39, 0.29) is 6.10 Å². The minimum absolute atomic E-state index is 0.109. The van der Waals surface area contributed by atoms with Crippen LogP contribution in [-0.4, -0.2) is 23.1 Å². The number of ether oxygens (including phenoxy) is 1. The first-order valence-corrected chi connectivity index (χ1v) is 6.40. The Morgan fingerprint density at radius 1 is 1.59 bits per heavy atom. The van der Waals surface area contributed by atoms with Gasteiger partial charge in [-0.05, 0) is 33.2 Å². The molecule has 1 fully saturated rings. The Labute approximate surface area is 103 Å². The summed E-state index contributed by atoms with van der Waals surface area (Å²) >= 11 is 0. The molecule has 0 saturated carbocycles. The molecule has 2 heterocycles. The van der Waals surface area contributed by atoms with Gasteiger partial charge in [-0.2, -0.15) is 0 Å². The Hall–Kier alpha value is -1.00. The van der Waals surface area contributed by atoms with Crippen molar-refractivity contribution in [2.45, 2.75) is 45.8 Å². The van der Waals surface area contributed by atoms with E-state index in [4.69, 9.17) is 4.74 Å². The third-order valence-corrected chi connectivity index (χ3v) is 3.23. The highest BCUT2D eigenvalue weighted by Gasteiger charge is 2.21. The molecule has 0 radical (unpaired) electrons. The van der Waals surface area contributed by atoms with Gasteiger partial charge >= 0.3 is 0 Å². The third kappa shape index (κ3) is 2.82. The molecule has 1 aromatic rings. The van der Waals surface area contributed by atoms with Gasteiger partial charge in [-0.3, -0.25) is 0 Å². The second-order valence-corrected chi connectivity index (χ2v) is 4.55. The molecule has 94 valence electrons. The number of nitrogens with one attached hydrogen (secondary N) is 1. The van der Waals surface area contributed by atoms with E-state index in [9.17, 15) is 0 Å². The fraction of sp³-hybridized carbons (Fsp3) is 0.692. The summed E-state index contributed by atoms with van der Waals surface area (Å²) in [5, 5.41) is 3.38. The van der Waals surface area contributed by atoms with Gasteiger partial charge in [0.05, 0.1) is 0 Å². The molecule has 2 atom stereocenters. The number of nitrogens with zero attached hydrogens (tertiary/aromatic N) is 2. The third-order valence-electron chi connectivity index (χ3n) is 3.23. The molecule has 1 aromatic heterocycles. The van der Waals surface area contributed by atoms with Gasteiger partial charge in [0.1, 0.15) is 6.10 Å². The van der Waals surface area contributed by atoms with Crippen LogP contribution in [-0.2, 0) is 4.74 Å². The van der Waals surface area contributed by atoms with Gasteiger partial charge in [0.25, 0.3) is 0 Å². The maximum atomic E-state index is 5.60. The minimum atomic E-state index is 0.109. The van der Waals surface area contributed by atoms with Gasteiger partial charge in [-0.25, -0.2) is 9.97 Å². The van der Waals surface area contributed by atoms with Crippen molar-refractivity contribution in [3.63, 3.8) is 0 Å². The lowest BCUT2D eigenvalue weighted by Crippen LogP contribution is -2.20. The summed E-state index contributed by atoms with van der Waals surface area (Å²) in [6.45, 7) is 8.08. The SMILES string of the molecule is CCNC(C)c1cnc(C2CCCO2)nc1C. The van der Waals surface area contributed by atoms with Crippen molar-refractivity contribution in [1.82, 2.24) is 15.3 Å². The van der Waals surface area contributed by atoms with Crippen LogP contribution in [0.3, 0.4) is 0 Å². The molecule has 4 nitrogen and oxygen atoms in total. The molecule has 2 unspecified atom stereocenters. The van der Waals surface area contributed by atoms with Crippen molar-refractivity contribution in [3.8, 4) is 0 Å². The zero-order chi connectivity index (χ0) is 12.3. The van der Waals surface area contributed by atoms with E-state index in [0.717, 1.165) is 37.5 Å². The van der Waals surface area contributed by atoms with E-state index in [1.807, 2.05) is 13.1 Å². The van der Waals surface area contributed by atoms with E-state index in [0.29, 0.717) is 6.04 Å². The van der Waals surface area contributed by atoms with Crippen molar-refractivity contribution in [3.05, 3.63) is 23.3 Å². The van der Waals surface area contributed by atoms with E-state index < -0.39 is 0 Å². The molecule has 2 rings (SSSR count). The smallest absolute Gasteiger partial charge is 0.157 e. The molecular weight excluding hydrogens is 214 g/mol. The van der Waals surface area contributed by atoms with Crippen molar-refractivity contribution in [1.29, 1.82) is 0 Å². The molecule has 0 spiro atoms. The van der Waals surface area contributed by atoms with Gasteiger partial charge in [-0.1, -0.05) is 6.92 Å². The van der Waals surface area contributed by atoms with Crippen LogP contribution in [0.5, 0.6) is 0 Å². The molecule has 4 heteroatoms. The zero-order valence-corrected chi connectivity index (χ0v) is 10.9. The van der Waals surface area contributed by atoms with Crippen molar-refractivity contribution >= 4 is 0 Å². The molecule has 0 bridgehead atoms. The fourth-order valence-electron chi connectivity index (χ4n) is 2.27. The Kier molecular flexibility index (Phi) is 4.07. The molecular formula is C13H21N3O. The van der Waals surface area contributed by atoms with Gasteiger partial charge in [-0.15, -0.1) is 0 Å². The summed E-state index contributed by atoms with van der Waals surface area (Å²) in [6, 6.07) is 0.304. The largest absolute Gasteiger partial charge is 0.370 e. The predicted octanol–water partition coefficient (Wildman–Crippen LogP) is 2.31. The van der Waals surface area contributed by atoms with E-state index >= 15 is 0 Å². The van der Waals surface area contributed by atoms with Gasteiger partial charge in [0.15, 0.2) is 5.82 Å². The molecule has 1 N–H and O–H groups in total. The molecule has 1 saturated heterocycles. The van der Waals surface area contributed by atoms with Crippen LogP contribution in [0.1, 0.15) is 55.9 Å². The average Bonchev–Trinajstić information content (AvgIpc) is 2.82. The van der Waals surface area contributed by atoms with E-state index in [1.54, 1.807) is 0 Å². The van der Waals surface area contributed by atoms with Crippen LogP contribution in [0, 0.1) is 6.92 Å². The first-order valence-electron chi connectivity index (χ1n) is 6.40. The second kappa shape index (κ2) is 5.56. The molecule has 1 aliphatic rings. The van der Waals surface area contributed by atoms with Crippen LogP contribution in [0.4, 0.5) is 0 Å². The lowest BCUT2D eigenvalue weighted by Gasteiger charge is -2.16. The van der Waals surface area contributed by atoms with Gasteiger partial charge in [0.2, 0.25) is 0 Å². The van der Waals surface area contributed by atoms with Crippen molar-refractivity contribution < 1.29 is 4.74 Å². The summed E-state index contributed by atoms with van der Waals surface area (Å²) in [5.74, 6) is 0.840. The lowest BCUT2D eigenvalue weighted by molar-refractivity contribution is 0.105. The van der Waals surface area contributed by atoms with Crippen LogP contribution < -0.4 is 5.32 Å². The summed E-state index contributed by atoms with van der Waals surface area (Å²) < 4.78 is 5.60. The van der Waals surface area contributed by atoms with Crippen LogP contribution >= 0.6 is 0 Å². The predicted molar refractivity (Wildman–Crippen MR) is 66.8 cm³/mol. The number of hydrogen-bond donors (Lipinski definition) is 1. The fourth-order valence-corrected chi connectivity index (χ4v) is 2.27. The van der Waals surface area contributed by atoms with E-state index in [2.05, 4.69) is 29.1 Å². The number of rotatable bonds is 4. The summed E-state index contributed by atoms with van der Waals surface area (Å²) in [5.41, 5.74) is 2.23. The van der Waals surface area contributed by atoms with Crippen LogP contribution in [0.2, 0.25) is 0 Å². The summed E-state index contributed by atoms with van der Waals surface area (Å²) in [6.07, 6.45) is 4.20. The maximum absolute atomic E-state index is 5.60. The first kappa shape index (κ1) is 12.5.